The molecule has 142 valence electrons. The normalized spacial score (nSPS) is 27.1. The van der Waals surface area contributed by atoms with Gasteiger partial charge in [-0.3, -0.25) is 9.59 Å². The second-order valence-electron chi connectivity index (χ2n) is 8.25. The van der Waals surface area contributed by atoms with Gasteiger partial charge in [0.2, 0.25) is 5.91 Å². The molecule has 1 aromatic rings. The van der Waals surface area contributed by atoms with E-state index in [0.717, 1.165) is 35.0 Å². The quantitative estimate of drug-likeness (QED) is 0.783. The van der Waals surface area contributed by atoms with E-state index in [1.807, 2.05) is 13.0 Å². The third kappa shape index (κ3) is 4.05. The van der Waals surface area contributed by atoms with Gasteiger partial charge in [0.15, 0.2) is 0 Å². The molecule has 1 saturated heterocycles. The molecular weight excluding hydrogens is 396 g/mol. The number of halogens is 1. The van der Waals surface area contributed by atoms with Gasteiger partial charge in [0.25, 0.3) is 5.91 Å². The Hall–Kier alpha value is -1.56. The number of carbonyl (C=O) groups excluding carboxylic acids is 2. The van der Waals surface area contributed by atoms with E-state index in [9.17, 15) is 9.59 Å². The lowest BCUT2D eigenvalue weighted by atomic mass is 9.84. The highest BCUT2D eigenvalue weighted by Gasteiger charge is 2.33. The van der Waals surface area contributed by atoms with Crippen LogP contribution < -0.4 is 15.4 Å². The van der Waals surface area contributed by atoms with Gasteiger partial charge in [-0.05, 0) is 79.6 Å². The number of carbonyl (C=O) groups is 2. The zero-order chi connectivity index (χ0) is 19.1. The topological polar surface area (TPSA) is 67.4 Å². The van der Waals surface area contributed by atoms with Crippen LogP contribution in [-0.4, -0.2) is 30.0 Å². The van der Waals surface area contributed by atoms with Crippen molar-refractivity contribution in [2.75, 3.05) is 6.54 Å². The molecule has 2 aliphatic rings. The molecule has 0 aromatic heterocycles. The van der Waals surface area contributed by atoms with Crippen LogP contribution in [0, 0.1) is 11.8 Å². The van der Waals surface area contributed by atoms with E-state index < -0.39 is 0 Å². The third-order valence-electron chi connectivity index (χ3n) is 5.38. The summed E-state index contributed by atoms with van der Waals surface area (Å²) < 4.78 is 6.84. The van der Waals surface area contributed by atoms with E-state index in [1.165, 1.54) is 0 Å². The fourth-order valence-electron chi connectivity index (χ4n) is 3.83. The number of piperidine rings is 1. The summed E-state index contributed by atoms with van der Waals surface area (Å²) in [5.74, 6) is 0.771. The number of rotatable bonds is 3. The lowest BCUT2D eigenvalue weighted by molar-refractivity contribution is -0.129. The molecule has 5 nitrogen and oxygen atoms in total. The maximum atomic E-state index is 12.6. The first-order valence-electron chi connectivity index (χ1n) is 9.26. The monoisotopic (exact) mass is 422 g/mol. The van der Waals surface area contributed by atoms with Crippen molar-refractivity contribution >= 4 is 27.7 Å². The molecule has 1 fully saturated rings. The van der Waals surface area contributed by atoms with Crippen LogP contribution in [0.3, 0.4) is 0 Å². The predicted molar refractivity (Wildman–Crippen MR) is 104 cm³/mol. The second-order valence-corrected chi connectivity index (χ2v) is 9.10. The molecular formula is C20H27BrN2O3. The van der Waals surface area contributed by atoms with Crippen molar-refractivity contribution in [3.05, 3.63) is 27.7 Å². The number of fused-ring (bicyclic) bond motifs is 1. The molecule has 2 N–H and O–H groups in total. The molecule has 3 unspecified atom stereocenters. The first-order chi connectivity index (χ1) is 12.2. The molecule has 0 saturated carbocycles. The minimum atomic E-state index is -0.194. The van der Waals surface area contributed by atoms with Crippen molar-refractivity contribution in [2.45, 2.75) is 58.6 Å². The highest BCUT2D eigenvalue weighted by molar-refractivity contribution is 9.10. The number of ether oxygens (including phenoxy) is 1. The average Bonchev–Trinajstić information content (AvgIpc) is 2.53. The van der Waals surface area contributed by atoms with Crippen molar-refractivity contribution in [3.8, 4) is 5.75 Å². The van der Waals surface area contributed by atoms with E-state index >= 15 is 0 Å². The molecule has 3 atom stereocenters. The van der Waals surface area contributed by atoms with Gasteiger partial charge in [0.1, 0.15) is 11.4 Å². The fourth-order valence-corrected chi connectivity index (χ4v) is 4.41. The second kappa shape index (κ2) is 7.22. The number of benzene rings is 1. The number of hydrogen-bond acceptors (Lipinski definition) is 3. The van der Waals surface area contributed by atoms with E-state index in [0.29, 0.717) is 12.1 Å². The standard InChI is InChI=1S/C20H27BrN2O3/c1-11-7-12(2)23-19(25)15(11)10-22-18(24)14-8-13-5-6-20(3,4)26-17(13)16(21)9-14/h8-9,11-12,15H,5-7,10H2,1-4H3,(H,22,24)(H,23,25). The zero-order valence-electron chi connectivity index (χ0n) is 15.8. The van der Waals surface area contributed by atoms with Gasteiger partial charge in [-0.25, -0.2) is 0 Å². The van der Waals surface area contributed by atoms with Gasteiger partial charge < -0.3 is 15.4 Å². The molecule has 0 bridgehead atoms. The van der Waals surface area contributed by atoms with Crippen molar-refractivity contribution in [3.63, 3.8) is 0 Å². The SMILES string of the molecule is CC1CC(C)C(CNC(=O)c2cc(Br)c3c(c2)CCC(C)(C)O3)C(=O)N1. The molecule has 0 spiro atoms. The first kappa shape index (κ1) is 19.2. The highest BCUT2D eigenvalue weighted by atomic mass is 79.9. The average molecular weight is 423 g/mol. The van der Waals surface area contributed by atoms with Crippen LogP contribution in [0.15, 0.2) is 16.6 Å². The van der Waals surface area contributed by atoms with Crippen molar-refractivity contribution in [2.24, 2.45) is 11.8 Å². The molecule has 2 heterocycles. The van der Waals surface area contributed by atoms with Crippen LogP contribution >= 0.6 is 15.9 Å². The summed E-state index contributed by atoms with van der Waals surface area (Å²) in [6.45, 7) is 8.58. The van der Waals surface area contributed by atoms with E-state index in [4.69, 9.17) is 4.74 Å². The Morgan fingerprint density at radius 3 is 2.81 bits per heavy atom. The van der Waals surface area contributed by atoms with Crippen LogP contribution in [0.2, 0.25) is 0 Å². The molecule has 2 aliphatic heterocycles. The van der Waals surface area contributed by atoms with Gasteiger partial charge in [-0.1, -0.05) is 6.92 Å². The van der Waals surface area contributed by atoms with Crippen LogP contribution in [0.5, 0.6) is 5.75 Å². The van der Waals surface area contributed by atoms with E-state index in [1.54, 1.807) is 6.07 Å². The summed E-state index contributed by atoms with van der Waals surface area (Å²) in [6.07, 6.45) is 2.72. The maximum Gasteiger partial charge on any atom is 0.251 e. The first-order valence-corrected chi connectivity index (χ1v) is 10.1. The Morgan fingerprint density at radius 1 is 1.38 bits per heavy atom. The third-order valence-corrected chi connectivity index (χ3v) is 5.97. The Kier molecular flexibility index (Phi) is 5.33. The smallest absolute Gasteiger partial charge is 0.251 e. The summed E-state index contributed by atoms with van der Waals surface area (Å²) in [5, 5.41) is 5.90. The summed E-state index contributed by atoms with van der Waals surface area (Å²) in [6, 6.07) is 3.89. The Labute approximate surface area is 163 Å². The molecule has 0 radical (unpaired) electrons. The number of hydrogen-bond donors (Lipinski definition) is 2. The number of amides is 2. The van der Waals surface area contributed by atoms with Crippen molar-refractivity contribution < 1.29 is 14.3 Å². The van der Waals surface area contributed by atoms with E-state index in [-0.39, 0.29) is 35.3 Å². The lowest BCUT2D eigenvalue weighted by Gasteiger charge is -2.33. The van der Waals surface area contributed by atoms with Crippen LogP contribution in [0.25, 0.3) is 0 Å². The van der Waals surface area contributed by atoms with Gasteiger partial charge >= 0.3 is 0 Å². The summed E-state index contributed by atoms with van der Waals surface area (Å²) >= 11 is 3.54. The Morgan fingerprint density at radius 2 is 2.12 bits per heavy atom. The molecule has 0 aliphatic carbocycles. The van der Waals surface area contributed by atoms with Gasteiger partial charge in [0, 0.05) is 18.2 Å². The number of nitrogens with one attached hydrogen (secondary N) is 2. The minimum absolute atomic E-state index is 0.0267. The van der Waals surface area contributed by atoms with Gasteiger partial charge in [-0.2, -0.15) is 0 Å². The van der Waals surface area contributed by atoms with E-state index in [2.05, 4.69) is 47.3 Å². The largest absolute Gasteiger partial charge is 0.486 e. The number of aryl methyl sites for hydroxylation is 1. The Balaban J connectivity index is 1.69. The maximum absolute atomic E-state index is 12.6. The highest BCUT2D eigenvalue weighted by Crippen LogP contribution is 2.39. The van der Waals surface area contributed by atoms with Crippen molar-refractivity contribution in [1.82, 2.24) is 10.6 Å². The van der Waals surface area contributed by atoms with Crippen LogP contribution in [0.4, 0.5) is 0 Å². The molecule has 26 heavy (non-hydrogen) atoms. The Bertz CT molecular complexity index is 732. The predicted octanol–water partition coefficient (Wildman–Crippen LogP) is 3.44. The van der Waals surface area contributed by atoms with Crippen LogP contribution in [0.1, 0.15) is 56.5 Å². The summed E-state index contributed by atoms with van der Waals surface area (Å²) in [7, 11) is 0. The van der Waals surface area contributed by atoms with Gasteiger partial charge in [0.05, 0.1) is 10.4 Å². The summed E-state index contributed by atoms with van der Waals surface area (Å²) in [4.78, 5) is 24.8. The van der Waals surface area contributed by atoms with Crippen molar-refractivity contribution in [1.29, 1.82) is 0 Å². The summed E-state index contributed by atoms with van der Waals surface area (Å²) in [5.41, 5.74) is 1.44. The fraction of sp³-hybridized carbons (Fsp3) is 0.600. The van der Waals surface area contributed by atoms with Gasteiger partial charge in [-0.15, -0.1) is 0 Å². The zero-order valence-corrected chi connectivity index (χ0v) is 17.4. The molecule has 6 heteroatoms. The molecule has 2 amide bonds. The molecule has 1 aromatic carbocycles. The lowest BCUT2D eigenvalue weighted by Crippen LogP contribution is -2.50. The molecule has 3 rings (SSSR count). The minimum Gasteiger partial charge on any atom is -0.486 e. The van der Waals surface area contributed by atoms with Crippen LogP contribution in [-0.2, 0) is 11.2 Å².